The van der Waals surface area contributed by atoms with Crippen LogP contribution in [0.4, 0.5) is 0 Å². The van der Waals surface area contributed by atoms with E-state index in [9.17, 15) is 4.79 Å². The van der Waals surface area contributed by atoms with Gasteiger partial charge in [0.1, 0.15) is 5.01 Å². The molecule has 0 saturated carbocycles. The summed E-state index contributed by atoms with van der Waals surface area (Å²) in [7, 11) is 0. The minimum Gasteiger partial charge on any atom is -0.323 e. The van der Waals surface area contributed by atoms with Crippen molar-refractivity contribution in [3.05, 3.63) is 82.0 Å². The second-order valence-electron chi connectivity index (χ2n) is 7.51. The molecule has 1 amide bonds. The molecule has 1 aromatic heterocycles. The molecule has 0 N–H and O–H groups in total. The summed E-state index contributed by atoms with van der Waals surface area (Å²) >= 11 is 7.62. The van der Waals surface area contributed by atoms with E-state index in [4.69, 9.17) is 11.6 Å². The molecular weight excluding hydrogens is 388 g/mol. The number of hydrogen-bond donors (Lipinski definition) is 0. The third-order valence-electron chi connectivity index (χ3n) is 5.18. The molecular formula is C23H21ClN2OS. The summed E-state index contributed by atoms with van der Waals surface area (Å²) in [5.41, 5.74) is 3.46. The van der Waals surface area contributed by atoms with Gasteiger partial charge in [-0.05, 0) is 49.6 Å². The van der Waals surface area contributed by atoms with E-state index in [1.54, 1.807) is 11.3 Å². The lowest BCUT2D eigenvalue weighted by molar-refractivity contribution is -0.128. The predicted octanol–water partition coefficient (Wildman–Crippen LogP) is 6.01. The van der Waals surface area contributed by atoms with Crippen molar-refractivity contribution in [2.24, 2.45) is 0 Å². The van der Waals surface area contributed by atoms with Crippen LogP contribution in [0.5, 0.6) is 0 Å². The highest BCUT2D eigenvalue weighted by molar-refractivity contribution is 7.15. The molecule has 1 aliphatic rings. The molecule has 0 unspecified atom stereocenters. The van der Waals surface area contributed by atoms with Crippen LogP contribution in [0.25, 0.3) is 16.0 Å². The first-order valence-electron chi connectivity index (χ1n) is 9.17. The number of rotatable bonds is 4. The Morgan fingerprint density at radius 1 is 1.04 bits per heavy atom. The lowest BCUT2D eigenvalue weighted by Crippen LogP contribution is -2.43. The van der Waals surface area contributed by atoms with Crippen molar-refractivity contribution in [1.82, 2.24) is 9.88 Å². The maximum Gasteiger partial charge on any atom is 0.255 e. The molecule has 2 heterocycles. The maximum atomic E-state index is 13.3. The Kier molecular flexibility index (Phi) is 4.86. The molecule has 4 rings (SSSR count). The number of hydrogen-bond acceptors (Lipinski definition) is 3. The summed E-state index contributed by atoms with van der Waals surface area (Å²) < 4.78 is 0. The second-order valence-corrected chi connectivity index (χ2v) is 8.98. The average Bonchev–Trinajstić information content (AvgIpc) is 3.29. The van der Waals surface area contributed by atoms with Crippen LogP contribution in [0, 0.1) is 0 Å². The molecule has 0 fully saturated rings. The normalized spacial score (nSPS) is 14.9. The maximum absolute atomic E-state index is 13.3. The highest BCUT2D eigenvalue weighted by atomic mass is 35.5. The van der Waals surface area contributed by atoms with Crippen molar-refractivity contribution in [2.75, 3.05) is 6.54 Å². The van der Waals surface area contributed by atoms with Crippen molar-refractivity contribution in [3.8, 4) is 10.4 Å². The Bertz CT molecular complexity index is 1050. The van der Waals surface area contributed by atoms with Crippen molar-refractivity contribution in [1.29, 1.82) is 0 Å². The van der Waals surface area contributed by atoms with E-state index in [1.807, 2.05) is 72.6 Å². The number of carbonyl (C=O) groups is 1. The first-order valence-corrected chi connectivity index (χ1v) is 10.4. The summed E-state index contributed by atoms with van der Waals surface area (Å²) in [6.45, 7) is 6.79. The van der Waals surface area contributed by atoms with Crippen LogP contribution in [0.3, 0.4) is 0 Å². The molecule has 2 aromatic carbocycles. The van der Waals surface area contributed by atoms with Gasteiger partial charge < -0.3 is 4.90 Å². The highest BCUT2D eigenvalue weighted by Crippen LogP contribution is 2.40. The SMILES string of the molecule is CC1=C(c2ccccc2)C(=O)N(C(C)(C)c2ncc(-c3ccc(Cl)cc3)s2)C1. The third kappa shape index (κ3) is 3.27. The summed E-state index contributed by atoms with van der Waals surface area (Å²) in [6, 6.07) is 17.6. The van der Waals surface area contributed by atoms with Crippen molar-refractivity contribution in [3.63, 3.8) is 0 Å². The molecule has 0 spiro atoms. The first kappa shape index (κ1) is 18.9. The van der Waals surface area contributed by atoms with Gasteiger partial charge in [-0.2, -0.15) is 0 Å². The molecule has 0 bridgehead atoms. The van der Waals surface area contributed by atoms with Gasteiger partial charge in [-0.15, -0.1) is 11.3 Å². The van der Waals surface area contributed by atoms with E-state index >= 15 is 0 Å². The fourth-order valence-electron chi connectivity index (χ4n) is 3.55. The molecule has 3 aromatic rings. The van der Waals surface area contributed by atoms with Gasteiger partial charge in [0.25, 0.3) is 5.91 Å². The van der Waals surface area contributed by atoms with Crippen LogP contribution in [-0.4, -0.2) is 22.3 Å². The zero-order valence-electron chi connectivity index (χ0n) is 16.1. The summed E-state index contributed by atoms with van der Waals surface area (Å²) in [5, 5.41) is 1.64. The minimum absolute atomic E-state index is 0.0666. The Morgan fingerprint density at radius 3 is 2.39 bits per heavy atom. The molecule has 0 radical (unpaired) electrons. The van der Waals surface area contributed by atoms with Gasteiger partial charge in [-0.25, -0.2) is 4.98 Å². The Labute approximate surface area is 174 Å². The number of benzene rings is 2. The lowest BCUT2D eigenvalue weighted by Gasteiger charge is -2.34. The zero-order chi connectivity index (χ0) is 19.9. The van der Waals surface area contributed by atoms with Crippen LogP contribution in [0.15, 0.2) is 66.4 Å². The second kappa shape index (κ2) is 7.19. The van der Waals surface area contributed by atoms with Gasteiger partial charge in [0.05, 0.1) is 10.4 Å². The van der Waals surface area contributed by atoms with Crippen LogP contribution in [0.1, 0.15) is 31.3 Å². The number of aromatic nitrogens is 1. The Morgan fingerprint density at radius 2 is 1.71 bits per heavy atom. The molecule has 0 saturated heterocycles. The Balaban J connectivity index is 1.63. The first-order chi connectivity index (χ1) is 13.4. The molecule has 28 heavy (non-hydrogen) atoms. The van der Waals surface area contributed by atoms with Gasteiger partial charge in [-0.1, -0.05) is 54.1 Å². The molecule has 0 aliphatic carbocycles. The van der Waals surface area contributed by atoms with E-state index < -0.39 is 5.54 Å². The largest absolute Gasteiger partial charge is 0.323 e. The lowest BCUT2D eigenvalue weighted by atomic mass is 10.0. The van der Waals surface area contributed by atoms with Crippen molar-refractivity contribution < 1.29 is 4.79 Å². The number of halogens is 1. The van der Waals surface area contributed by atoms with E-state index in [2.05, 4.69) is 18.8 Å². The zero-order valence-corrected chi connectivity index (χ0v) is 17.6. The third-order valence-corrected chi connectivity index (χ3v) is 6.79. The molecule has 1 aliphatic heterocycles. The predicted molar refractivity (Wildman–Crippen MR) is 116 cm³/mol. The van der Waals surface area contributed by atoms with E-state index in [0.29, 0.717) is 11.6 Å². The molecule has 3 nitrogen and oxygen atoms in total. The highest BCUT2D eigenvalue weighted by Gasteiger charge is 2.41. The average molecular weight is 409 g/mol. The van der Waals surface area contributed by atoms with Crippen molar-refractivity contribution >= 4 is 34.4 Å². The fraction of sp³-hybridized carbons (Fsp3) is 0.217. The summed E-state index contributed by atoms with van der Waals surface area (Å²) in [6.07, 6.45) is 1.88. The van der Waals surface area contributed by atoms with Gasteiger partial charge in [0, 0.05) is 23.3 Å². The smallest absolute Gasteiger partial charge is 0.255 e. The van der Waals surface area contributed by atoms with Crippen LogP contribution < -0.4 is 0 Å². The molecule has 5 heteroatoms. The Hall–Kier alpha value is -2.43. The number of amides is 1. The fourth-order valence-corrected chi connectivity index (χ4v) is 4.71. The van der Waals surface area contributed by atoms with Crippen LogP contribution >= 0.6 is 22.9 Å². The monoisotopic (exact) mass is 408 g/mol. The summed E-state index contributed by atoms with van der Waals surface area (Å²) in [5.74, 6) is 0.0666. The van der Waals surface area contributed by atoms with Crippen LogP contribution in [0.2, 0.25) is 5.02 Å². The molecule has 142 valence electrons. The van der Waals surface area contributed by atoms with E-state index in [0.717, 1.165) is 32.2 Å². The standard InChI is InChI=1S/C23H21ClN2OS/c1-15-14-26(21(27)20(15)17-7-5-4-6-8-17)23(2,3)22-25-13-19(28-22)16-9-11-18(24)12-10-16/h4-13H,14H2,1-3H3. The van der Waals surface area contributed by atoms with Gasteiger partial charge >= 0.3 is 0 Å². The minimum atomic E-state index is -0.496. The van der Waals surface area contributed by atoms with Gasteiger partial charge in [0.2, 0.25) is 0 Å². The van der Waals surface area contributed by atoms with Crippen LogP contribution in [-0.2, 0) is 10.3 Å². The van der Waals surface area contributed by atoms with Gasteiger partial charge in [-0.3, -0.25) is 4.79 Å². The van der Waals surface area contributed by atoms with Gasteiger partial charge in [0.15, 0.2) is 0 Å². The van der Waals surface area contributed by atoms with E-state index in [-0.39, 0.29) is 5.91 Å². The number of nitrogens with zero attached hydrogens (tertiary/aromatic N) is 2. The number of thiazole rings is 1. The topological polar surface area (TPSA) is 33.2 Å². The van der Waals surface area contributed by atoms with E-state index in [1.165, 1.54) is 0 Å². The van der Waals surface area contributed by atoms with Crippen molar-refractivity contribution in [2.45, 2.75) is 26.3 Å². The summed E-state index contributed by atoms with van der Waals surface area (Å²) in [4.78, 5) is 20.9. The quantitative estimate of drug-likeness (QED) is 0.529. The molecule has 0 atom stereocenters. The number of carbonyl (C=O) groups excluding carboxylic acids is 1.